The van der Waals surface area contributed by atoms with Gasteiger partial charge in [-0.3, -0.25) is 4.79 Å². The van der Waals surface area contributed by atoms with Gasteiger partial charge in [0.1, 0.15) is 11.6 Å². The maximum absolute atomic E-state index is 13.0. The van der Waals surface area contributed by atoms with Crippen LogP contribution in [-0.2, 0) is 0 Å². The van der Waals surface area contributed by atoms with Gasteiger partial charge >= 0.3 is 0 Å². The highest BCUT2D eigenvalue weighted by atomic mass is 35.5. The largest absolute Gasteiger partial charge is 0.385 e. The van der Waals surface area contributed by atoms with Crippen LogP contribution in [0.5, 0.6) is 0 Å². The molecule has 0 aromatic heterocycles. The number of benzene rings is 2. The van der Waals surface area contributed by atoms with Crippen molar-refractivity contribution < 1.29 is 13.6 Å². The molecule has 0 radical (unpaired) electrons. The van der Waals surface area contributed by atoms with Crippen LogP contribution in [0.25, 0.3) is 0 Å². The van der Waals surface area contributed by atoms with Crippen LogP contribution in [-0.4, -0.2) is 19.0 Å². The molecule has 0 aliphatic carbocycles. The summed E-state index contributed by atoms with van der Waals surface area (Å²) < 4.78 is 26.0. The summed E-state index contributed by atoms with van der Waals surface area (Å²) >= 11 is 5.78. The summed E-state index contributed by atoms with van der Waals surface area (Å²) in [6, 6.07) is 10.0. The zero-order valence-electron chi connectivity index (χ0n) is 11.7. The Morgan fingerprint density at radius 2 is 1.64 bits per heavy atom. The molecule has 0 spiro atoms. The van der Waals surface area contributed by atoms with E-state index in [1.54, 1.807) is 12.1 Å². The average Bonchev–Trinajstić information content (AvgIpc) is 2.47. The normalized spacial score (nSPS) is 10.3. The van der Waals surface area contributed by atoms with E-state index in [2.05, 4.69) is 10.6 Å². The fourth-order valence-electron chi connectivity index (χ4n) is 1.88. The molecule has 6 heteroatoms. The number of nitrogens with one attached hydrogen (secondary N) is 2. The molecular formula is C16H15ClF2N2O. The Balaban J connectivity index is 1.72. The van der Waals surface area contributed by atoms with Gasteiger partial charge in [-0.1, -0.05) is 11.6 Å². The standard InChI is InChI=1S/C16H15ClF2N2O/c17-12-2-4-15(5-3-12)20-6-1-7-21-16(22)11-8-13(18)10-14(19)9-11/h2-5,8-10,20H,1,6-7H2,(H,21,22). The quantitative estimate of drug-likeness (QED) is 0.792. The molecule has 2 aromatic carbocycles. The molecule has 22 heavy (non-hydrogen) atoms. The Bertz CT molecular complexity index is 627. The molecule has 0 unspecified atom stereocenters. The monoisotopic (exact) mass is 324 g/mol. The van der Waals surface area contributed by atoms with Gasteiger partial charge in [0.25, 0.3) is 5.91 Å². The summed E-state index contributed by atoms with van der Waals surface area (Å²) in [5, 5.41) is 6.46. The second-order valence-corrected chi connectivity index (χ2v) is 5.14. The summed E-state index contributed by atoms with van der Waals surface area (Å²) in [4.78, 5) is 11.7. The lowest BCUT2D eigenvalue weighted by Crippen LogP contribution is -2.26. The fourth-order valence-corrected chi connectivity index (χ4v) is 2.00. The van der Waals surface area contributed by atoms with Crippen LogP contribution < -0.4 is 10.6 Å². The molecule has 0 bridgehead atoms. The van der Waals surface area contributed by atoms with Crippen LogP contribution >= 0.6 is 11.6 Å². The van der Waals surface area contributed by atoms with Crippen molar-refractivity contribution in [1.29, 1.82) is 0 Å². The summed E-state index contributed by atoms with van der Waals surface area (Å²) in [7, 11) is 0. The summed E-state index contributed by atoms with van der Waals surface area (Å²) in [5.41, 5.74) is 0.908. The minimum atomic E-state index is -0.769. The molecule has 0 aliphatic rings. The second-order valence-electron chi connectivity index (χ2n) is 4.70. The van der Waals surface area contributed by atoms with Gasteiger partial charge in [0, 0.05) is 35.4 Å². The molecule has 2 aromatic rings. The Morgan fingerprint density at radius 1 is 1.00 bits per heavy atom. The maximum Gasteiger partial charge on any atom is 0.251 e. The van der Waals surface area contributed by atoms with E-state index in [1.165, 1.54) is 0 Å². The Hall–Kier alpha value is -2.14. The van der Waals surface area contributed by atoms with E-state index in [1.807, 2.05) is 12.1 Å². The fraction of sp³-hybridized carbons (Fsp3) is 0.188. The van der Waals surface area contributed by atoms with Crippen molar-refractivity contribution >= 4 is 23.2 Å². The highest BCUT2D eigenvalue weighted by Gasteiger charge is 2.08. The molecule has 3 nitrogen and oxygen atoms in total. The minimum absolute atomic E-state index is 0.0249. The molecule has 0 fully saturated rings. The van der Waals surface area contributed by atoms with Gasteiger partial charge in [0.05, 0.1) is 0 Å². The maximum atomic E-state index is 13.0. The van der Waals surface area contributed by atoms with Crippen molar-refractivity contribution in [3.05, 3.63) is 64.7 Å². The molecule has 0 aliphatic heterocycles. The third-order valence-electron chi connectivity index (χ3n) is 2.94. The van der Waals surface area contributed by atoms with Gasteiger partial charge in [0.15, 0.2) is 0 Å². The van der Waals surface area contributed by atoms with Gasteiger partial charge in [0.2, 0.25) is 0 Å². The predicted molar refractivity (Wildman–Crippen MR) is 83.2 cm³/mol. The van der Waals surface area contributed by atoms with Crippen LogP contribution in [0.1, 0.15) is 16.8 Å². The SMILES string of the molecule is O=C(NCCCNc1ccc(Cl)cc1)c1cc(F)cc(F)c1. The molecule has 0 heterocycles. The number of anilines is 1. The highest BCUT2D eigenvalue weighted by Crippen LogP contribution is 2.13. The zero-order valence-corrected chi connectivity index (χ0v) is 12.5. The molecule has 2 rings (SSSR count). The highest BCUT2D eigenvalue weighted by molar-refractivity contribution is 6.30. The van der Waals surface area contributed by atoms with Crippen molar-refractivity contribution in [1.82, 2.24) is 5.32 Å². The average molecular weight is 325 g/mol. The topological polar surface area (TPSA) is 41.1 Å². The number of rotatable bonds is 6. The minimum Gasteiger partial charge on any atom is -0.385 e. The first-order chi connectivity index (χ1) is 10.5. The smallest absolute Gasteiger partial charge is 0.251 e. The summed E-state index contributed by atoms with van der Waals surface area (Å²) in [5.74, 6) is -2.03. The van der Waals surface area contributed by atoms with Crippen molar-refractivity contribution in [2.75, 3.05) is 18.4 Å². The lowest BCUT2D eigenvalue weighted by atomic mass is 10.2. The van der Waals surface area contributed by atoms with Gasteiger partial charge in [-0.25, -0.2) is 8.78 Å². The third-order valence-corrected chi connectivity index (χ3v) is 3.19. The Labute approximate surface area is 132 Å². The van der Waals surface area contributed by atoms with Gasteiger partial charge in [-0.05, 0) is 42.8 Å². The molecule has 116 valence electrons. The van der Waals surface area contributed by atoms with Crippen molar-refractivity contribution in [2.45, 2.75) is 6.42 Å². The van der Waals surface area contributed by atoms with E-state index in [0.29, 0.717) is 24.5 Å². The molecule has 2 N–H and O–H groups in total. The number of halogens is 3. The molecular weight excluding hydrogens is 310 g/mol. The summed E-state index contributed by atoms with van der Waals surface area (Å²) in [6.45, 7) is 1.05. The van der Waals surface area contributed by atoms with Gasteiger partial charge in [-0.15, -0.1) is 0 Å². The number of amides is 1. The van der Waals surface area contributed by atoms with E-state index in [0.717, 1.165) is 23.9 Å². The Morgan fingerprint density at radius 3 is 2.27 bits per heavy atom. The summed E-state index contributed by atoms with van der Waals surface area (Å²) in [6.07, 6.45) is 0.673. The van der Waals surface area contributed by atoms with Crippen LogP contribution in [0.15, 0.2) is 42.5 Å². The lowest BCUT2D eigenvalue weighted by molar-refractivity contribution is 0.0952. The van der Waals surface area contributed by atoms with Crippen molar-refractivity contribution in [2.24, 2.45) is 0 Å². The molecule has 0 atom stereocenters. The third kappa shape index (κ3) is 5.00. The van der Waals surface area contributed by atoms with Crippen LogP contribution in [0.3, 0.4) is 0 Å². The first-order valence-electron chi connectivity index (χ1n) is 6.78. The number of hydrogen-bond donors (Lipinski definition) is 2. The lowest BCUT2D eigenvalue weighted by Gasteiger charge is -2.08. The van der Waals surface area contributed by atoms with E-state index in [4.69, 9.17) is 11.6 Å². The number of carbonyl (C=O) groups is 1. The van der Waals surface area contributed by atoms with Gasteiger partial charge < -0.3 is 10.6 Å². The van der Waals surface area contributed by atoms with Crippen LogP contribution in [0.4, 0.5) is 14.5 Å². The van der Waals surface area contributed by atoms with Crippen molar-refractivity contribution in [3.63, 3.8) is 0 Å². The van der Waals surface area contributed by atoms with Crippen LogP contribution in [0, 0.1) is 11.6 Å². The van der Waals surface area contributed by atoms with Crippen molar-refractivity contribution in [3.8, 4) is 0 Å². The predicted octanol–water partition coefficient (Wildman–Crippen LogP) is 3.85. The van der Waals surface area contributed by atoms with Crippen LogP contribution in [0.2, 0.25) is 5.02 Å². The van der Waals surface area contributed by atoms with E-state index >= 15 is 0 Å². The molecule has 0 saturated heterocycles. The second kappa shape index (κ2) is 7.75. The van der Waals surface area contributed by atoms with E-state index in [9.17, 15) is 13.6 Å². The molecule has 1 amide bonds. The number of hydrogen-bond acceptors (Lipinski definition) is 2. The van der Waals surface area contributed by atoms with E-state index in [-0.39, 0.29) is 5.56 Å². The van der Waals surface area contributed by atoms with Gasteiger partial charge in [-0.2, -0.15) is 0 Å². The first-order valence-corrected chi connectivity index (χ1v) is 7.16. The van der Waals surface area contributed by atoms with E-state index < -0.39 is 17.5 Å². The Kier molecular flexibility index (Phi) is 5.72. The first kappa shape index (κ1) is 16.2. The zero-order chi connectivity index (χ0) is 15.9. The number of carbonyl (C=O) groups excluding carboxylic acids is 1. The molecule has 0 saturated carbocycles.